The SMILES string of the molecule is CCOc1cc(/C=C2\SC(=O)N(CC(=O)Nc3c(C)cc(C)cc3C)C2=O)cc(Br)c1OCC(=O)OC. The Kier molecular flexibility index (Phi) is 9.39. The van der Waals surface area contributed by atoms with Gasteiger partial charge in [0.05, 0.1) is 23.1 Å². The molecule has 0 spiro atoms. The van der Waals surface area contributed by atoms with Crippen molar-refractivity contribution in [3.63, 3.8) is 0 Å². The fraction of sp³-hybridized carbons (Fsp3) is 0.308. The number of halogens is 1. The number of esters is 1. The fourth-order valence-corrected chi connectivity index (χ4v) is 5.16. The van der Waals surface area contributed by atoms with Crippen molar-refractivity contribution in [3.8, 4) is 11.5 Å². The molecule has 3 rings (SSSR count). The molecule has 0 bridgehead atoms. The molecule has 0 aromatic heterocycles. The zero-order valence-electron chi connectivity index (χ0n) is 21.1. The molecule has 2 aromatic carbocycles. The lowest BCUT2D eigenvalue weighted by Gasteiger charge is -2.16. The number of nitrogens with zero attached hydrogens (tertiary/aromatic N) is 1. The lowest BCUT2D eigenvalue weighted by atomic mass is 10.1. The molecule has 2 aromatic rings. The van der Waals surface area contributed by atoms with Gasteiger partial charge < -0.3 is 19.5 Å². The summed E-state index contributed by atoms with van der Waals surface area (Å²) in [4.78, 5) is 50.8. The average Bonchev–Trinajstić information content (AvgIpc) is 3.08. The van der Waals surface area contributed by atoms with Crippen LogP contribution < -0.4 is 14.8 Å². The first-order chi connectivity index (χ1) is 17.5. The Labute approximate surface area is 227 Å². The zero-order valence-corrected chi connectivity index (χ0v) is 23.5. The number of carbonyl (C=O) groups is 4. The van der Waals surface area contributed by atoms with Crippen molar-refractivity contribution in [1.29, 1.82) is 0 Å². The van der Waals surface area contributed by atoms with E-state index in [1.807, 2.05) is 32.9 Å². The van der Waals surface area contributed by atoms with Gasteiger partial charge in [0.1, 0.15) is 6.54 Å². The standard InChI is InChI=1S/C26H27BrN2O7S/c1-6-35-19-10-17(9-18(27)24(19)36-13-22(31)34-5)11-20-25(32)29(26(33)37-20)12-21(30)28-23-15(3)7-14(2)8-16(23)4/h7-11H,6,12-13H2,1-5H3,(H,28,30)/b20-11-. The largest absolute Gasteiger partial charge is 0.490 e. The predicted octanol–water partition coefficient (Wildman–Crippen LogP) is 5.00. The molecule has 1 aliphatic heterocycles. The van der Waals surface area contributed by atoms with Crippen LogP contribution in [0.3, 0.4) is 0 Å². The number of thioether (sulfide) groups is 1. The van der Waals surface area contributed by atoms with Crippen LogP contribution in [0.15, 0.2) is 33.6 Å². The quantitative estimate of drug-likeness (QED) is 0.321. The molecule has 1 fully saturated rings. The molecule has 0 aliphatic carbocycles. The van der Waals surface area contributed by atoms with E-state index in [1.165, 1.54) is 13.2 Å². The van der Waals surface area contributed by atoms with Gasteiger partial charge >= 0.3 is 5.97 Å². The molecule has 1 N–H and O–H groups in total. The normalized spacial score (nSPS) is 14.2. The summed E-state index contributed by atoms with van der Waals surface area (Å²) in [5.41, 5.74) is 4.10. The van der Waals surface area contributed by atoms with Gasteiger partial charge in [0, 0.05) is 5.69 Å². The van der Waals surface area contributed by atoms with Gasteiger partial charge in [0.2, 0.25) is 5.91 Å². The van der Waals surface area contributed by atoms with E-state index in [2.05, 4.69) is 26.0 Å². The number of hydrogen-bond acceptors (Lipinski definition) is 8. The van der Waals surface area contributed by atoms with Crippen LogP contribution in [0.4, 0.5) is 10.5 Å². The van der Waals surface area contributed by atoms with Crippen molar-refractivity contribution in [1.82, 2.24) is 4.90 Å². The van der Waals surface area contributed by atoms with E-state index in [1.54, 1.807) is 19.1 Å². The van der Waals surface area contributed by atoms with Crippen LogP contribution in [-0.2, 0) is 19.1 Å². The molecule has 1 aliphatic rings. The first kappa shape index (κ1) is 28.3. The number of amides is 3. The number of rotatable bonds is 9. The third kappa shape index (κ3) is 6.92. The zero-order chi connectivity index (χ0) is 27.3. The summed E-state index contributed by atoms with van der Waals surface area (Å²) < 4.78 is 16.2. The van der Waals surface area contributed by atoms with Crippen molar-refractivity contribution in [2.45, 2.75) is 27.7 Å². The first-order valence-electron chi connectivity index (χ1n) is 11.3. The molecule has 1 heterocycles. The topological polar surface area (TPSA) is 111 Å². The van der Waals surface area contributed by atoms with Crippen LogP contribution in [-0.4, -0.2) is 54.8 Å². The Morgan fingerprint density at radius 3 is 2.38 bits per heavy atom. The molecular formula is C26H27BrN2O7S. The number of benzene rings is 2. The maximum Gasteiger partial charge on any atom is 0.343 e. The maximum atomic E-state index is 13.0. The van der Waals surface area contributed by atoms with Gasteiger partial charge in [-0.2, -0.15) is 0 Å². The lowest BCUT2D eigenvalue weighted by Crippen LogP contribution is -2.36. The summed E-state index contributed by atoms with van der Waals surface area (Å²) in [6.45, 7) is 7.16. The van der Waals surface area contributed by atoms with Crippen LogP contribution in [0, 0.1) is 20.8 Å². The average molecular weight is 591 g/mol. The van der Waals surface area contributed by atoms with Gasteiger partial charge in [-0.3, -0.25) is 19.3 Å². The van der Waals surface area contributed by atoms with Crippen molar-refractivity contribution in [2.24, 2.45) is 0 Å². The minimum atomic E-state index is -0.567. The molecule has 0 atom stereocenters. The number of nitrogens with one attached hydrogen (secondary N) is 1. The van der Waals surface area contributed by atoms with Gasteiger partial charge in [0.25, 0.3) is 11.1 Å². The minimum Gasteiger partial charge on any atom is -0.490 e. The summed E-state index contributed by atoms with van der Waals surface area (Å²) in [7, 11) is 1.26. The van der Waals surface area contributed by atoms with Gasteiger partial charge in [-0.15, -0.1) is 0 Å². The number of carbonyl (C=O) groups excluding carboxylic acids is 4. The van der Waals surface area contributed by atoms with Crippen molar-refractivity contribution in [3.05, 3.63) is 55.9 Å². The van der Waals surface area contributed by atoms with Crippen molar-refractivity contribution < 1.29 is 33.4 Å². The minimum absolute atomic E-state index is 0.165. The Morgan fingerprint density at radius 1 is 1.08 bits per heavy atom. The van der Waals surface area contributed by atoms with E-state index in [-0.39, 0.29) is 11.5 Å². The van der Waals surface area contributed by atoms with E-state index < -0.39 is 29.6 Å². The molecular weight excluding hydrogens is 564 g/mol. The van der Waals surface area contributed by atoms with E-state index in [0.29, 0.717) is 33.8 Å². The van der Waals surface area contributed by atoms with Crippen LogP contribution in [0.1, 0.15) is 29.2 Å². The third-order valence-corrected chi connectivity index (χ3v) is 6.80. The highest BCUT2D eigenvalue weighted by Gasteiger charge is 2.36. The molecule has 3 amide bonds. The van der Waals surface area contributed by atoms with Gasteiger partial charge in [-0.1, -0.05) is 17.7 Å². The van der Waals surface area contributed by atoms with Gasteiger partial charge in [-0.05, 0) is 90.3 Å². The van der Waals surface area contributed by atoms with E-state index in [0.717, 1.165) is 33.4 Å². The molecule has 11 heteroatoms. The number of anilines is 1. The number of hydrogen-bond donors (Lipinski definition) is 1. The molecule has 1 saturated heterocycles. The summed E-state index contributed by atoms with van der Waals surface area (Å²) in [5, 5.41) is 2.28. The highest BCUT2D eigenvalue weighted by atomic mass is 79.9. The summed E-state index contributed by atoms with van der Waals surface area (Å²) >= 11 is 4.15. The number of imide groups is 1. The fourth-order valence-electron chi connectivity index (χ4n) is 3.75. The van der Waals surface area contributed by atoms with E-state index >= 15 is 0 Å². The van der Waals surface area contributed by atoms with Crippen molar-refractivity contribution >= 4 is 62.5 Å². The third-order valence-electron chi connectivity index (χ3n) is 5.31. The highest BCUT2D eigenvalue weighted by molar-refractivity contribution is 9.10. The number of aryl methyl sites for hydroxylation is 3. The molecule has 9 nitrogen and oxygen atoms in total. The Morgan fingerprint density at radius 2 is 1.76 bits per heavy atom. The summed E-state index contributed by atoms with van der Waals surface area (Å²) in [6, 6.07) is 7.20. The molecule has 0 radical (unpaired) electrons. The summed E-state index contributed by atoms with van der Waals surface area (Å²) in [6.07, 6.45) is 1.54. The Balaban J connectivity index is 1.78. The Hall–Kier alpha value is -3.31. The number of methoxy groups -OCH3 is 1. The molecule has 0 saturated carbocycles. The van der Waals surface area contributed by atoms with Gasteiger partial charge in [0.15, 0.2) is 18.1 Å². The lowest BCUT2D eigenvalue weighted by molar-refractivity contribution is -0.143. The smallest absolute Gasteiger partial charge is 0.343 e. The number of ether oxygens (including phenoxy) is 3. The second kappa shape index (κ2) is 12.3. The van der Waals surface area contributed by atoms with E-state index in [4.69, 9.17) is 9.47 Å². The Bertz CT molecular complexity index is 1270. The van der Waals surface area contributed by atoms with Crippen LogP contribution in [0.5, 0.6) is 11.5 Å². The van der Waals surface area contributed by atoms with Crippen LogP contribution in [0.2, 0.25) is 0 Å². The maximum absolute atomic E-state index is 13.0. The second-order valence-electron chi connectivity index (χ2n) is 8.22. The second-order valence-corrected chi connectivity index (χ2v) is 10.1. The highest BCUT2D eigenvalue weighted by Crippen LogP contribution is 2.39. The first-order valence-corrected chi connectivity index (χ1v) is 12.9. The molecule has 196 valence electrons. The molecule has 0 unspecified atom stereocenters. The molecule has 37 heavy (non-hydrogen) atoms. The van der Waals surface area contributed by atoms with Crippen LogP contribution >= 0.6 is 27.7 Å². The van der Waals surface area contributed by atoms with Crippen LogP contribution in [0.25, 0.3) is 6.08 Å². The predicted molar refractivity (Wildman–Crippen MR) is 145 cm³/mol. The van der Waals surface area contributed by atoms with Crippen molar-refractivity contribution in [2.75, 3.05) is 32.2 Å². The van der Waals surface area contributed by atoms with Gasteiger partial charge in [-0.25, -0.2) is 4.79 Å². The monoisotopic (exact) mass is 590 g/mol. The van der Waals surface area contributed by atoms with E-state index in [9.17, 15) is 19.2 Å². The summed E-state index contributed by atoms with van der Waals surface area (Å²) in [5.74, 6) is -0.941.